The van der Waals surface area contributed by atoms with Gasteiger partial charge in [-0.25, -0.2) is 4.68 Å². The molecular formula is C19H20N4O3S. The quantitative estimate of drug-likeness (QED) is 0.740. The van der Waals surface area contributed by atoms with E-state index in [2.05, 4.69) is 16.4 Å². The first-order valence-electron chi connectivity index (χ1n) is 8.87. The maximum atomic E-state index is 12.7. The van der Waals surface area contributed by atoms with E-state index < -0.39 is 6.10 Å². The number of hydrogen-bond donors (Lipinski definition) is 1. The molecule has 0 unspecified atom stereocenters. The number of benzene rings is 1. The highest BCUT2D eigenvalue weighted by Crippen LogP contribution is 2.34. The van der Waals surface area contributed by atoms with E-state index in [1.807, 2.05) is 12.3 Å². The molecule has 3 aromatic rings. The number of aliphatic hydroxyl groups is 1. The van der Waals surface area contributed by atoms with Crippen LogP contribution in [0.15, 0.2) is 40.5 Å². The Morgan fingerprint density at radius 3 is 2.89 bits per heavy atom. The summed E-state index contributed by atoms with van der Waals surface area (Å²) in [5, 5.41) is 20.9. The van der Waals surface area contributed by atoms with Crippen molar-refractivity contribution in [2.75, 3.05) is 13.1 Å². The molecular weight excluding hydrogens is 364 g/mol. The lowest BCUT2D eigenvalue weighted by Gasteiger charge is -2.36. The number of aryl methyl sites for hydroxylation is 1. The lowest BCUT2D eigenvalue weighted by Crippen LogP contribution is -2.47. The van der Waals surface area contributed by atoms with Crippen LogP contribution in [0, 0.1) is 6.92 Å². The second-order valence-electron chi connectivity index (χ2n) is 6.84. The van der Waals surface area contributed by atoms with Crippen LogP contribution in [0.3, 0.4) is 0 Å². The van der Waals surface area contributed by atoms with Crippen LogP contribution < -0.4 is 5.56 Å². The summed E-state index contributed by atoms with van der Waals surface area (Å²) in [4.78, 5) is 27.9. The fraction of sp³-hybridized carbons (Fsp3) is 0.368. The van der Waals surface area contributed by atoms with Gasteiger partial charge in [-0.05, 0) is 42.5 Å². The van der Waals surface area contributed by atoms with Crippen LogP contribution in [-0.2, 0) is 11.3 Å². The summed E-state index contributed by atoms with van der Waals surface area (Å²) in [7, 11) is 0. The Morgan fingerprint density at radius 2 is 2.15 bits per heavy atom. The fourth-order valence-corrected chi connectivity index (χ4v) is 4.71. The minimum Gasteiger partial charge on any atom is -0.391 e. The standard InChI is InChI=1S/C19H20N4O3S/c1-12-7-9-27-18(12)14-6-8-22(10-16(14)24)17(25)11-23-19(26)13-4-2-3-5-15(13)20-21-23/h2-5,7,9,14,16,24H,6,8,10-11H2,1H3/t14-,16-/m1/s1. The first-order chi connectivity index (χ1) is 13.0. The number of rotatable bonds is 3. The maximum Gasteiger partial charge on any atom is 0.278 e. The van der Waals surface area contributed by atoms with Crippen molar-refractivity contribution in [2.24, 2.45) is 0 Å². The zero-order valence-corrected chi connectivity index (χ0v) is 15.7. The smallest absolute Gasteiger partial charge is 0.278 e. The third kappa shape index (κ3) is 3.38. The summed E-state index contributed by atoms with van der Waals surface area (Å²) in [5.74, 6) is -0.181. The number of carbonyl (C=O) groups excluding carboxylic acids is 1. The van der Waals surface area contributed by atoms with Gasteiger partial charge in [0, 0.05) is 23.9 Å². The van der Waals surface area contributed by atoms with Gasteiger partial charge < -0.3 is 10.0 Å². The van der Waals surface area contributed by atoms with E-state index in [1.54, 1.807) is 40.5 Å². The number of piperidine rings is 1. The number of fused-ring (bicyclic) bond motifs is 1. The average molecular weight is 384 g/mol. The molecule has 0 radical (unpaired) electrons. The molecule has 1 N–H and O–H groups in total. The van der Waals surface area contributed by atoms with Crippen molar-refractivity contribution < 1.29 is 9.90 Å². The summed E-state index contributed by atoms with van der Waals surface area (Å²) >= 11 is 1.65. The van der Waals surface area contributed by atoms with E-state index in [9.17, 15) is 14.7 Å². The van der Waals surface area contributed by atoms with E-state index in [1.165, 1.54) is 10.4 Å². The van der Waals surface area contributed by atoms with Crippen LogP contribution in [0.2, 0.25) is 0 Å². The van der Waals surface area contributed by atoms with Gasteiger partial charge in [-0.15, -0.1) is 16.4 Å². The molecule has 0 saturated carbocycles. The van der Waals surface area contributed by atoms with Crippen molar-refractivity contribution in [2.45, 2.75) is 31.9 Å². The van der Waals surface area contributed by atoms with Gasteiger partial charge in [0.05, 0.1) is 11.5 Å². The molecule has 0 bridgehead atoms. The van der Waals surface area contributed by atoms with E-state index >= 15 is 0 Å². The summed E-state index contributed by atoms with van der Waals surface area (Å²) in [5.41, 5.74) is 1.36. The first kappa shape index (κ1) is 17.8. The molecule has 2 aromatic heterocycles. The third-order valence-corrected chi connectivity index (χ3v) is 6.24. The van der Waals surface area contributed by atoms with Crippen molar-refractivity contribution in [1.82, 2.24) is 19.9 Å². The van der Waals surface area contributed by atoms with Crippen molar-refractivity contribution in [1.29, 1.82) is 0 Å². The Kier molecular flexibility index (Phi) is 4.75. The van der Waals surface area contributed by atoms with Crippen molar-refractivity contribution >= 4 is 28.1 Å². The number of nitrogens with zero attached hydrogens (tertiary/aromatic N) is 4. The zero-order chi connectivity index (χ0) is 19.0. The number of aromatic nitrogens is 3. The minimum absolute atomic E-state index is 0.0530. The molecule has 0 aliphatic carbocycles. The first-order valence-corrected chi connectivity index (χ1v) is 9.75. The highest BCUT2D eigenvalue weighted by molar-refractivity contribution is 7.10. The molecule has 7 nitrogen and oxygen atoms in total. The molecule has 1 aromatic carbocycles. The van der Waals surface area contributed by atoms with Crippen LogP contribution >= 0.6 is 11.3 Å². The van der Waals surface area contributed by atoms with Gasteiger partial charge in [0.15, 0.2) is 0 Å². The molecule has 1 aliphatic heterocycles. The molecule has 0 spiro atoms. The Bertz CT molecular complexity index is 1040. The largest absolute Gasteiger partial charge is 0.391 e. The Labute approximate surface area is 159 Å². The Hall–Kier alpha value is -2.58. The average Bonchev–Trinajstić information content (AvgIpc) is 3.10. The molecule has 1 aliphatic rings. The van der Waals surface area contributed by atoms with E-state index in [4.69, 9.17) is 0 Å². The zero-order valence-electron chi connectivity index (χ0n) is 14.9. The minimum atomic E-state index is -0.612. The van der Waals surface area contributed by atoms with Crippen LogP contribution in [0.25, 0.3) is 10.9 Å². The van der Waals surface area contributed by atoms with E-state index in [0.717, 1.165) is 4.68 Å². The van der Waals surface area contributed by atoms with Crippen LogP contribution in [-0.4, -0.2) is 50.1 Å². The number of β-amino-alcohol motifs (C(OH)–C–C–N with tert-alkyl or cyclic N) is 1. The lowest BCUT2D eigenvalue weighted by atomic mass is 9.90. The van der Waals surface area contributed by atoms with Gasteiger partial charge >= 0.3 is 0 Å². The highest BCUT2D eigenvalue weighted by Gasteiger charge is 2.32. The maximum absolute atomic E-state index is 12.7. The van der Waals surface area contributed by atoms with Gasteiger partial charge in [-0.1, -0.05) is 17.3 Å². The number of hydrogen-bond acceptors (Lipinski definition) is 6. The summed E-state index contributed by atoms with van der Waals surface area (Å²) in [6, 6.07) is 8.97. The predicted octanol–water partition coefficient (Wildman–Crippen LogP) is 1.54. The second kappa shape index (κ2) is 7.21. The van der Waals surface area contributed by atoms with Crippen molar-refractivity contribution in [3.8, 4) is 0 Å². The summed E-state index contributed by atoms with van der Waals surface area (Å²) in [6.45, 7) is 2.68. The van der Waals surface area contributed by atoms with Gasteiger partial charge in [0.25, 0.3) is 5.56 Å². The van der Waals surface area contributed by atoms with E-state index in [-0.39, 0.29) is 30.5 Å². The lowest BCUT2D eigenvalue weighted by molar-refractivity contribution is -0.135. The SMILES string of the molecule is Cc1ccsc1[C@@H]1CCN(C(=O)Cn2nnc3ccccc3c2=O)C[C@H]1O. The molecule has 1 amide bonds. The van der Waals surface area contributed by atoms with Gasteiger partial charge in [0.2, 0.25) is 5.91 Å². The normalized spacial score (nSPS) is 20.1. The number of carbonyl (C=O) groups is 1. The molecule has 4 rings (SSSR count). The summed E-state index contributed by atoms with van der Waals surface area (Å²) < 4.78 is 1.09. The van der Waals surface area contributed by atoms with Crippen molar-refractivity contribution in [3.63, 3.8) is 0 Å². The molecule has 1 saturated heterocycles. The van der Waals surface area contributed by atoms with Gasteiger partial charge in [-0.2, -0.15) is 0 Å². The molecule has 2 atom stereocenters. The third-order valence-electron chi connectivity index (χ3n) is 5.09. The van der Waals surface area contributed by atoms with Crippen LogP contribution in [0.1, 0.15) is 22.8 Å². The fourth-order valence-electron chi connectivity index (χ4n) is 3.58. The van der Waals surface area contributed by atoms with Crippen molar-refractivity contribution in [3.05, 3.63) is 56.5 Å². The monoisotopic (exact) mass is 384 g/mol. The van der Waals surface area contributed by atoms with E-state index in [0.29, 0.717) is 23.9 Å². The molecule has 1 fully saturated rings. The number of thiophene rings is 1. The highest BCUT2D eigenvalue weighted by atomic mass is 32.1. The predicted molar refractivity (Wildman–Crippen MR) is 103 cm³/mol. The topological polar surface area (TPSA) is 88.3 Å². The second-order valence-corrected chi connectivity index (χ2v) is 7.79. The van der Waals surface area contributed by atoms with Gasteiger partial charge in [-0.3, -0.25) is 9.59 Å². The molecule has 3 heterocycles. The number of amides is 1. The molecule has 140 valence electrons. The summed E-state index contributed by atoms with van der Waals surface area (Å²) in [6.07, 6.45) is 0.0893. The Morgan fingerprint density at radius 1 is 1.33 bits per heavy atom. The van der Waals surface area contributed by atoms with Gasteiger partial charge in [0.1, 0.15) is 12.1 Å². The number of likely N-dealkylation sites (tertiary alicyclic amines) is 1. The van der Waals surface area contributed by atoms with Crippen LogP contribution in [0.5, 0.6) is 0 Å². The molecule has 27 heavy (non-hydrogen) atoms. The molecule has 8 heteroatoms. The van der Waals surface area contributed by atoms with Crippen LogP contribution in [0.4, 0.5) is 0 Å². The number of aliphatic hydroxyl groups excluding tert-OH is 1. The Balaban J connectivity index is 1.48.